The second-order valence-electron chi connectivity index (χ2n) is 7.28. The SMILES string of the molecule is O=C1COc2ccc(C3(O)c4ccccc4C(=O)N3Cc3ccc(Br)cc3)cc2N1. The van der Waals surface area contributed by atoms with Crippen LogP contribution in [-0.2, 0) is 17.1 Å². The first-order valence-electron chi connectivity index (χ1n) is 9.42. The number of aliphatic hydroxyl groups is 1. The maximum Gasteiger partial charge on any atom is 0.262 e. The molecule has 2 aliphatic rings. The molecule has 0 fully saturated rings. The molecule has 0 saturated carbocycles. The van der Waals surface area contributed by atoms with Crippen LogP contribution in [0.15, 0.2) is 71.2 Å². The van der Waals surface area contributed by atoms with Gasteiger partial charge in [0.05, 0.1) is 5.69 Å². The average Bonchev–Trinajstić information content (AvgIpc) is 2.98. The van der Waals surface area contributed by atoms with E-state index in [1.165, 1.54) is 4.90 Å². The van der Waals surface area contributed by atoms with Crippen LogP contribution in [0.25, 0.3) is 0 Å². The highest BCUT2D eigenvalue weighted by Crippen LogP contribution is 2.45. The lowest BCUT2D eigenvalue weighted by Crippen LogP contribution is -2.44. The van der Waals surface area contributed by atoms with Crippen molar-refractivity contribution >= 4 is 33.4 Å². The van der Waals surface area contributed by atoms with Gasteiger partial charge in [-0.3, -0.25) is 14.5 Å². The van der Waals surface area contributed by atoms with Gasteiger partial charge >= 0.3 is 0 Å². The van der Waals surface area contributed by atoms with Gasteiger partial charge in [-0.05, 0) is 35.9 Å². The summed E-state index contributed by atoms with van der Waals surface area (Å²) >= 11 is 3.42. The predicted molar refractivity (Wildman–Crippen MR) is 114 cm³/mol. The Kier molecular flexibility index (Phi) is 4.38. The molecule has 2 aliphatic heterocycles. The van der Waals surface area contributed by atoms with Gasteiger partial charge in [-0.25, -0.2) is 0 Å². The summed E-state index contributed by atoms with van der Waals surface area (Å²) in [7, 11) is 0. The fraction of sp³-hybridized carbons (Fsp3) is 0.130. The van der Waals surface area contributed by atoms with Crippen LogP contribution in [0.4, 0.5) is 5.69 Å². The van der Waals surface area contributed by atoms with Crippen molar-refractivity contribution in [3.05, 3.63) is 93.5 Å². The monoisotopic (exact) mass is 464 g/mol. The number of nitrogens with zero attached hydrogens (tertiary/aromatic N) is 1. The molecular formula is C23H17BrN2O4. The van der Waals surface area contributed by atoms with Gasteiger partial charge < -0.3 is 15.2 Å². The molecule has 3 aromatic rings. The first-order valence-corrected chi connectivity index (χ1v) is 10.2. The lowest BCUT2D eigenvalue weighted by molar-refractivity contribution is -0.118. The smallest absolute Gasteiger partial charge is 0.262 e. The van der Waals surface area contributed by atoms with Crippen molar-refractivity contribution < 1.29 is 19.4 Å². The van der Waals surface area contributed by atoms with Gasteiger partial charge in [-0.1, -0.05) is 52.3 Å². The van der Waals surface area contributed by atoms with Gasteiger partial charge in [0.1, 0.15) is 5.75 Å². The van der Waals surface area contributed by atoms with Crippen LogP contribution in [0.2, 0.25) is 0 Å². The fourth-order valence-corrected chi connectivity index (χ4v) is 4.25. The Balaban J connectivity index is 1.63. The number of nitrogens with one attached hydrogen (secondary N) is 1. The molecule has 0 saturated heterocycles. The van der Waals surface area contributed by atoms with Gasteiger partial charge in [-0.15, -0.1) is 0 Å². The van der Waals surface area contributed by atoms with Gasteiger partial charge in [0, 0.05) is 27.7 Å². The highest BCUT2D eigenvalue weighted by Gasteiger charge is 2.50. The summed E-state index contributed by atoms with van der Waals surface area (Å²) in [5, 5.41) is 14.7. The van der Waals surface area contributed by atoms with Crippen molar-refractivity contribution in [3.63, 3.8) is 0 Å². The number of anilines is 1. The molecule has 2 heterocycles. The zero-order chi connectivity index (χ0) is 20.9. The van der Waals surface area contributed by atoms with Crippen molar-refractivity contribution in [1.29, 1.82) is 0 Å². The second kappa shape index (κ2) is 6.97. The molecule has 2 N–H and O–H groups in total. The van der Waals surface area contributed by atoms with Crippen molar-refractivity contribution in [2.24, 2.45) is 0 Å². The highest BCUT2D eigenvalue weighted by atomic mass is 79.9. The van der Waals surface area contributed by atoms with E-state index in [1.807, 2.05) is 24.3 Å². The molecule has 1 unspecified atom stereocenters. The van der Waals surface area contributed by atoms with Gasteiger partial charge in [0.25, 0.3) is 11.8 Å². The number of hydrogen-bond donors (Lipinski definition) is 2. The van der Waals surface area contributed by atoms with Gasteiger partial charge in [-0.2, -0.15) is 0 Å². The zero-order valence-electron chi connectivity index (χ0n) is 15.8. The Bertz CT molecular complexity index is 1180. The molecule has 0 radical (unpaired) electrons. The van der Waals surface area contributed by atoms with E-state index in [9.17, 15) is 14.7 Å². The first kappa shape index (κ1) is 18.8. The molecular weight excluding hydrogens is 448 g/mol. The van der Waals surface area contributed by atoms with E-state index < -0.39 is 5.72 Å². The van der Waals surface area contributed by atoms with Crippen LogP contribution >= 0.6 is 15.9 Å². The molecule has 3 aromatic carbocycles. The minimum Gasteiger partial charge on any atom is -0.482 e. The fourth-order valence-electron chi connectivity index (χ4n) is 3.98. The Morgan fingerprint density at radius 1 is 1.07 bits per heavy atom. The average molecular weight is 465 g/mol. The van der Waals surface area contributed by atoms with E-state index in [0.29, 0.717) is 28.1 Å². The molecule has 0 bridgehead atoms. The molecule has 0 spiro atoms. The van der Waals surface area contributed by atoms with E-state index in [-0.39, 0.29) is 25.0 Å². The number of amides is 2. The van der Waals surface area contributed by atoms with Crippen LogP contribution < -0.4 is 10.1 Å². The number of halogens is 1. The third kappa shape index (κ3) is 2.89. The predicted octanol–water partition coefficient (Wildman–Crippen LogP) is 3.63. The summed E-state index contributed by atoms with van der Waals surface area (Å²) in [6, 6.07) is 19.7. The lowest BCUT2D eigenvalue weighted by atomic mass is 9.93. The lowest BCUT2D eigenvalue weighted by Gasteiger charge is -2.35. The van der Waals surface area contributed by atoms with Crippen molar-refractivity contribution in [2.45, 2.75) is 12.3 Å². The van der Waals surface area contributed by atoms with E-state index in [1.54, 1.807) is 42.5 Å². The molecule has 150 valence electrons. The molecule has 7 heteroatoms. The molecule has 5 rings (SSSR count). The van der Waals surface area contributed by atoms with E-state index >= 15 is 0 Å². The first-order chi connectivity index (χ1) is 14.5. The normalized spacial score (nSPS) is 19.7. The molecule has 30 heavy (non-hydrogen) atoms. The zero-order valence-corrected chi connectivity index (χ0v) is 17.3. The summed E-state index contributed by atoms with van der Waals surface area (Å²) in [6.07, 6.45) is 0. The Hall–Kier alpha value is -3.16. The van der Waals surface area contributed by atoms with E-state index in [0.717, 1.165) is 10.0 Å². The minimum atomic E-state index is -1.68. The third-order valence-electron chi connectivity index (χ3n) is 5.44. The Labute approximate surface area is 181 Å². The molecule has 6 nitrogen and oxygen atoms in total. The Morgan fingerprint density at radius 3 is 2.63 bits per heavy atom. The summed E-state index contributed by atoms with van der Waals surface area (Å²) in [5.74, 6) is 0.00861. The molecule has 2 amide bonds. The highest BCUT2D eigenvalue weighted by molar-refractivity contribution is 9.10. The second-order valence-corrected chi connectivity index (χ2v) is 8.20. The van der Waals surface area contributed by atoms with Crippen LogP contribution in [0, 0.1) is 0 Å². The largest absolute Gasteiger partial charge is 0.482 e. The van der Waals surface area contributed by atoms with Crippen LogP contribution in [0.3, 0.4) is 0 Å². The maximum absolute atomic E-state index is 13.3. The van der Waals surface area contributed by atoms with E-state index in [4.69, 9.17) is 4.74 Å². The number of carbonyl (C=O) groups is 2. The van der Waals surface area contributed by atoms with Gasteiger partial charge in [0.15, 0.2) is 12.3 Å². The number of carbonyl (C=O) groups excluding carboxylic acids is 2. The number of ether oxygens (including phenoxy) is 1. The summed E-state index contributed by atoms with van der Waals surface area (Å²) in [4.78, 5) is 26.5. The molecule has 0 aromatic heterocycles. The van der Waals surface area contributed by atoms with Crippen LogP contribution in [0.1, 0.15) is 27.0 Å². The van der Waals surface area contributed by atoms with Crippen molar-refractivity contribution in [1.82, 2.24) is 4.90 Å². The maximum atomic E-state index is 13.3. The third-order valence-corrected chi connectivity index (χ3v) is 5.97. The summed E-state index contributed by atoms with van der Waals surface area (Å²) in [6.45, 7) is 0.171. The number of fused-ring (bicyclic) bond motifs is 2. The van der Waals surface area contributed by atoms with Crippen LogP contribution in [0.5, 0.6) is 5.75 Å². The Morgan fingerprint density at radius 2 is 1.83 bits per heavy atom. The summed E-state index contributed by atoms with van der Waals surface area (Å²) in [5.41, 5.74) is 1.11. The topological polar surface area (TPSA) is 78.9 Å². The molecule has 1 atom stereocenters. The summed E-state index contributed by atoms with van der Waals surface area (Å²) < 4.78 is 6.37. The quantitative estimate of drug-likeness (QED) is 0.620. The van der Waals surface area contributed by atoms with Crippen molar-refractivity contribution in [2.75, 3.05) is 11.9 Å². The van der Waals surface area contributed by atoms with E-state index in [2.05, 4.69) is 21.2 Å². The van der Waals surface area contributed by atoms with Crippen molar-refractivity contribution in [3.8, 4) is 5.75 Å². The number of hydrogen-bond acceptors (Lipinski definition) is 4. The standard InChI is InChI=1S/C23H17BrN2O4/c24-16-8-5-14(6-9-16)12-26-22(28)17-3-1-2-4-18(17)23(26,29)15-7-10-20-19(11-15)25-21(27)13-30-20/h1-11,29H,12-13H2,(H,25,27). The van der Waals surface area contributed by atoms with Gasteiger partial charge in [0.2, 0.25) is 0 Å². The number of benzene rings is 3. The van der Waals surface area contributed by atoms with Crippen LogP contribution in [-0.4, -0.2) is 28.4 Å². The minimum absolute atomic E-state index is 0.0480. The molecule has 0 aliphatic carbocycles. The number of rotatable bonds is 3.